The van der Waals surface area contributed by atoms with Crippen LogP contribution in [-0.4, -0.2) is 22.8 Å². The zero-order valence-electron chi connectivity index (χ0n) is 8.73. The van der Waals surface area contributed by atoms with Gasteiger partial charge in [0.25, 0.3) is 0 Å². The normalized spacial score (nSPS) is 17.2. The summed E-state index contributed by atoms with van der Waals surface area (Å²) in [4.78, 5) is 4.40. The fourth-order valence-electron chi connectivity index (χ4n) is 1.71. The quantitative estimate of drug-likeness (QED) is 0.718. The summed E-state index contributed by atoms with van der Waals surface area (Å²) in [7, 11) is 0. The molecule has 76 valence electrons. The number of imidazole rings is 1. The first-order valence-electron chi connectivity index (χ1n) is 5.09. The molecule has 0 spiro atoms. The summed E-state index contributed by atoms with van der Waals surface area (Å²) in [5.74, 6) is 1.10. The molecule has 1 aliphatic rings. The van der Waals surface area contributed by atoms with Crippen molar-refractivity contribution < 1.29 is 4.74 Å². The molecule has 0 unspecified atom stereocenters. The van der Waals surface area contributed by atoms with E-state index in [1.54, 1.807) is 0 Å². The van der Waals surface area contributed by atoms with E-state index < -0.39 is 0 Å². The van der Waals surface area contributed by atoms with Gasteiger partial charge in [-0.25, -0.2) is 4.98 Å². The Morgan fingerprint density at radius 1 is 1.50 bits per heavy atom. The highest BCUT2D eigenvalue weighted by atomic mass is 16.5. The van der Waals surface area contributed by atoms with E-state index in [1.165, 1.54) is 5.57 Å². The first-order chi connectivity index (χ1) is 6.79. The molecule has 3 nitrogen and oxygen atoms in total. The van der Waals surface area contributed by atoms with Gasteiger partial charge in [0.15, 0.2) is 0 Å². The van der Waals surface area contributed by atoms with Crippen LogP contribution in [0.3, 0.4) is 0 Å². The van der Waals surface area contributed by atoms with Crippen LogP contribution in [-0.2, 0) is 4.74 Å². The second-order valence-corrected chi connectivity index (χ2v) is 3.81. The molecule has 0 atom stereocenters. The van der Waals surface area contributed by atoms with Crippen LogP contribution in [0.4, 0.5) is 0 Å². The maximum Gasteiger partial charge on any atom is 0.135 e. The van der Waals surface area contributed by atoms with Gasteiger partial charge < -0.3 is 9.30 Å². The Bertz CT molecular complexity index is 339. The van der Waals surface area contributed by atoms with Gasteiger partial charge >= 0.3 is 0 Å². The third-order valence-electron chi connectivity index (χ3n) is 2.48. The van der Waals surface area contributed by atoms with Crippen LogP contribution in [0, 0.1) is 0 Å². The molecule has 1 aromatic rings. The van der Waals surface area contributed by atoms with Crippen LogP contribution in [0.15, 0.2) is 18.5 Å². The Morgan fingerprint density at radius 3 is 3.00 bits per heavy atom. The molecule has 0 bridgehead atoms. The van der Waals surface area contributed by atoms with Crippen molar-refractivity contribution in [2.45, 2.75) is 26.3 Å². The van der Waals surface area contributed by atoms with Crippen molar-refractivity contribution in [1.29, 1.82) is 0 Å². The van der Waals surface area contributed by atoms with E-state index in [4.69, 9.17) is 4.74 Å². The second-order valence-electron chi connectivity index (χ2n) is 3.81. The standard InChI is InChI=1S/C11H16N2O/c1-9(2)13-6-5-12-11(13)10-3-7-14-8-4-10/h3,5-6,9H,4,7-8H2,1-2H3. The third-order valence-corrected chi connectivity index (χ3v) is 2.48. The third kappa shape index (κ3) is 1.73. The highest BCUT2D eigenvalue weighted by molar-refractivity contribution is 5.61. The van der Waals surface area contributed by atoms with Crippen LogP contribution < -0.4 is 0 Å². The van der Waals surface area contributed by atoms with Gasteiger partial charge in [0.2, 0.25) is 0 Å². The van der Waals surface area contributed by atoms with Gasteiger partial charge in [-0.15, -0.1) is 0 Å². The number of aromatic nitrogens is 2. The van der Waals surface area contributed by atoms with Crippen molar-refractivity contribution in [3.8, 4) is 0 Å². The Labute approximate surface area is 84.4 Å². The number of hydrogen-bond donors (Lipinski definition) is 0. The number of rotatable bonds is 2. The molecule has 2 rings (SSSR count). The molecule has 14 heavy (non-hydrogen) atoms. The van der Waals surface area contributed by atoms with Gasteiger partial charge in [-0.3, -0.25) is 0 Å². The average Bonchev–Trinajstić information content (AvgIpc) is 2.67. The minimum Gasteiger partial charge on any atom is -0.377 e. The summed E-state index contributed by atoms with van der Waals surface area (Å²) in [6.45, 7) is 5.88. The van der Waals surface area contributed by atoms with Crippen LogP contribution in [0.25, 0.3) is 5.57 Å². The maximum absolute atomic E-state index is 5.28. The molecule has 0 N–H and O–H groups in total. The molecule has 0 fully saturated rings. The highest BCUT2D eigenvalue weighted by Gasteiger charge is 2.12. The fourth-order valence-corrected chi connectivity index (χ4v) is 1.71. The average molecular weight is 192 g/mol. The Morgan fingerprint density at radius 2 is 2.36 bits per heavy atom. The summed E-state index contributed by atoms with van der Waals surface area (Å²) >= 11 is 0. The lowest BCUT2D eigenvalue weighted by Gasteiger charge is -2.16. The van der Waals surface area contributed by atoms with Crippen LogP contribution >= 0.6 is 0 Å². The zero-order chi connectivity index (χ0) is 9.97. The van der Waals surface area contributed by atoms with Crippen molar-refractivity contribution in [2.75, 3.05) is 13.2 Å². The summed E-state index contributed by atoms with van der Waals surface area (Å²) in [6.07, 6.45) is 7.01. The van der Waals surface area contributed by atoms with Gasteiger partial charge in [0, 0.05) is 18.4 Å². The van der Waals surface area contributed by atoms with Crippen molar-refractivity contribution >= 4 is 5.57 Å². The molecule has 2 heterocycles. The van der Waals surface area contributed by atoms with Crippen molar-refractivity contribution in [2.24, 2.45) is 0 Å². The summed E-state index contributed by atoms with van der Waals surface area (Å²) < 4.78 is 7.49. The number of nitrogens with zero attached hydrogens (tertiary/aromatic N) is 2. The lowest BCUT2D eigenvalue weighted by atomic mass is 10.1. The fraction of sp³-hybridized carbons (Fsp3) is 0.545. The minimum absolute atomic E-state index is 0.469. The molecule has 0 radical (unpaired) electrons. The van der Waals surface area contributed by atoms with Gasteiger partial charge in [0.1, 0.15) is 5.82 Å². The minimum atomic E-state index is 0.469. The molecule has 1 aromatic heterocycles. The number of ether oxygens (including phenoxy) is 1. The van der Waals surface area contributed by atoms with Crippen LogP contribution in [0.1, 0.15) is 32.1 Å². The van der Waals surface area contributed by atoms with Crippen molar-refractivity contribution in [1.82, 2.24) is 9.55 Å². The SMILES string of the molecule is CC(C)n1ccnc1C1=CCOCC1. The molecule has 0 aliphatic carbocycles. The van der Waals surface area contributed by atoms with E-state index in [2.05, 4.69) is 29.5 Å². The molecule has 3 heteroatoms. The first kappa shape index (κ1) is 9.46. The number of hydrogen-bond acceptors (Lipinski definition) is 2. The van der Waals surface area contributed by atoms with E-state index in [1.807, 2.05) is 12.4 Å². The molecule has 0 saturated carbocycles. The van der Waals surface area contributed by atoms with Crippen molar-refractivity contribution in [3.05, 3.63) is 24.3 Å². The van der Waals surface area contributed by atoms with E-state index >= 15 is 0 Å². The van der Waals surface area contributed by atoms with E-state index in [-0.39, 0.29) is 0 Å². The van der Waals surface area contributed by atoms with Gasteiger partial charge in [-0.1, -0.05) is 6.08 Å². The summed E-state index contributed by atoms with van der Waals surface area (Å²) in [6, 6.07) is 0.469. The second kappa shape index (κ2) is 3.96. The van der Waals surface area contributed by atoms with Crippen molar-refractivity contribution in [3.63, 3.8) is 0 Å². The Balaban J connectivity index is 2.30. The molecule has 0 aromatic carbocycles. The molecule has 0 saturated heterocycles. The molecular formula is C11H16N2O. The molecule has 1 aliphatic heterocycles. The van der Waals surface area contributed by atoms with E-state index in [9.17, 15) is 0 Å². The van der Waals surface area contributed by atoms with Gasteiger partial charge in [-0.2, -0.15) is 0 Å². The summed E-state index contributed by atoms with van der Waals surface area (Å²) in [5, 5.41) is 0. The summed E-state index contributed by atoms with van der Waals surface area (Å²) in [5.41, 5.74) is 1.31. The largest absolute Gasteiger partial charge is 0.377 e. The smallest absolute Gasteiger partial charge is 0.135 e. The van der Waals surface area contributed by atoms with Crippen LogP contribution in [0.2, 0.25) is 0 Å². The maximum atomic E-state index is 5.28. The monoisotopic (exact) mass is 192 g/mol. The van der Waals surface area contributed by atoms with E-state index in [0.717, 1.165) is 25.5 Å². The lowest BCUT2D eigenvalue weighted by Crippen LogP contribution is -2.10. The Hall–Kier alpha value is -1.09. The van der Waals surface area contributed by atoms with E-state index in [0.29, 0.717) is 6.04 Å². The highest BCUT2D eigenvalue weighted by Crippen LogP contribution is 2.21. The molecule has 0 amide bonds. The first-order valence-corrected chi connectivity index (χ1v) is 5.09. The lowest BCUT2D eigenvalue weighted by molar-refractivity contribution is 0.161. The van der Waals surface area contributed by atoms with Crippen LogP contribution in [0.5, 0.6) is 0 Å². The molecular weight excluding hydrogens is 176 g/mol. The predicted octanol–water partition coefficient (Wildman–Crippen LogP) is 2.27. The van der Waals surface area contributed by atoms with Gasteiger partial charge in [-0.05, 0) is 25.8 Å². The Kier molecular flexibility index (Phi) is 2.68. The predicted molar refractivity (Wildman–Crippen MR) is 56.0 cm³/mol. The zero-order valence-corrected chi connectivity index (χ0v) is 8.73. The van der Waals surface area contributed by atoms with Gasteiger partial charge in [0.05, 0.1) is 13.2 Å². The topological polar surface area (TPSA) is 27.1 Å².